The van der Waals surface area contributed by atoms with Crippen LogP contribution < -0.4 is 10.6 Å². The molecule has 6 aromatic carbocycles. The first-order chi connectivity index (χ1) is 24.2. The number of aliphatic imine (C=N–C) groups is 2. The third kappa shape index (κ3) is 6.13. The van der Waals surface area contributed by atoms with Gasteiger partial charge in [-0.05, 0) is 45.5 Å². The van der Waals surface area contributed by atoms with Gasteiger partial charge in [0.05, 0.1) is 5.70 Å². The Labute approximate surface area is 286 Å². The Kier molecular flexibility index (Phi) is 8.06. The van der Waals surface area contributed by atoms with Crippen molar-refractivity contribution in [3.05, 3.63) is 203 Å². The minimum atomic E-state index is -0.247. The number of fused-ring (bicyclic) bond motifs is 1. The molecule has 6 aromatic rings. The van der Waals surface area contributed by atoms with E-state index in [1.54, 1.807) is 0 Å². The third-order valence-electron chi connectivity index (χ3n) is 8.85. The first-order valence-corrected chi connectivity index (χ1v) is 16.4. The highest BCUT2D eigenvalue weighted by molar-refractivity contribution is 6.20. The van der Waals surface area contributed by atoms with E-state index in [1.807, 2.05) is 84.9 Å². The van der Waals surface area contributed by atoms with Crippen LogP contribution >= 0.6 is 0 Å². The van der Waals surface area contributed by atoms with Gasteiger partial charge >= 0.3 is 0 Å². The Hall–Kier alpha value is -6.59. The van der Waals surface area contributed by atoms with Crippen molar-refractivity contribution >= 4 is 40.9 Å². The Morgan fingerprint density at radius 1 is 0.592 bits per heavy atom. The number of benzene rings is 6. The van der Waals surface area contributed by atoms with Crippen molar-refractivity contribution in [1.82, 2.24) is 10.6 Å². The van der Waals surface area contributed by atoms with Crippen LogP contribution in [0, 0.1) is 5.41 Å². The molecule has 0 saturated carbocycles. The van der Waals surface area contributed by atoms with Crippen LogP contribution in [0.3, 0.4) is 0 Å². The Balaban J connectivity index is 1.17. The number of nitrogens with zero attached hydrogens (tertiary/aromatic N) is 2. The van der Waals surface area contributed by atoms with Crippen LogP contribution in [0.5, 0.6) is 0 Å². The van der Waals surface area contributed by atoms with Crippen molar-refractivity contribution in [3.8, 4) is 11.1 Å². The van der Waals surface area contributed by atoms with Crippen molar-refractivity contribution in [3.63, 3.8) is 0 Å². The monoisotopic (exact) mass is 631 g/mol. The van der Waals surface area contributed by atoms with Gasteiger partial charge < -0.3 is 16.0 Å². The fraction of sp³-hybridized carbons (Fsp3) is 0.0227. The summed E-state index contributed by atoms with van der Waals surface area (Å²) in [6, 6.07) is 55.9. The van der Waals surface area contributed by atoms with Crippen LogP contribution in [0.4, 0.5) is 0 Å². The van der Waals surface area contributed by atoms with Crippen molar-refractivity contribution in [1.29, 1.82) is 5.41 Å². The highest BCUT2D eigenvalue weighted by Crippen LogP contribution is 2.36. The lowest BCUT2D eigenvalue weighted by Gasteiger charge is -2.25. The van der Waals surface area contributed by atoms with Gasteiger partial charge in [-0.15, -0.1) is 0 Å². The number of hydrogen-bond acceptors (Lipinski definition) is 5. The lowest BCUT2D eigenvalue weighted by Crippen LogP contribution is -2.33. The minimum Gasteiger partial charge on any atom is -0.354 e. The van der Waals surface area contributed by atoms with Crippen molar-refractivity contribution in [2.24, 2.45) is 9.98 Å². The molecule has 0 saturated heterocycles. The van der Waals surface area contributed by atoms with Gasteiger partial charge in [-0.1, -0.05) is 158 Å². The predicted molar refractivity (Wildman–Crippen MR) is 203 cm³/mol. The van der Waals surface area contributed by atoms with Crippen LogP contribution in [0.1, 0.15) is 45.1 Å². The molecule has 5 heteroatoms. The molecular weight excluding hydrogens is 599 g/mol. The molecule has 1 atom stereocenters. The molecule has 2 aliphatic heterocycles. The first-order valence-electron chi connectivity index (χ1n) is 16.4. The number of rotatable bonds is 7. The van der Waals surface area contributed by atoms with Crippen LogP contribution in [0.15, 0.2) is 174 Å². The Bertz CT molecular complexity index is 2250. The van der Waals surface area contributed by atoms with Gasteiger partial charge in [-0.2, -0.15) is 0 Å². The molecular formula is C44H33N5. The van der Waals surface area contributed by atoms with Gasteiger partial charge in [0.15, 0.2) is 5.84 Å². The molecule has 2 aliphatic rings. The molecule has 5 nitrogen and oxygen atoms in total. The van der Waals surface area contributed by atoms with Crippen molar-refractivity contribution in [2.75, 3.05) is 0 Å². The third-order valence-corrected chi connectivity index (χ3v) is 8.85. The molecule has 0 amide bonds. The van der Waals surface area contributed by atoms with Crippen LogP contribution in [-0.2, 0) is 0 Å². The maximum absolute atomic E-state index is 8.45. The molecule has 0 spiro atoms. The minimum absolute atomic E-state index is 0.247. The number of hydrogen-bond donors (Lipinski definition) is 3. The summed E-state index contributed by atoms with van der Waals surface area (Å²) in [6.07, 6.45) is 3.39. The maximum Gasteiger partial charge on any atom is 0.159 e. The smallest absolute Gasteiger partial charge is 0.159 e. The second kappa shape index (κ2) is 13.3. The predicted octanol–water partition coefficient (Wildman–Crippen LogP) is 9.47. The molecule has 0 aliphatic carbocycles. The zero-order valence-electron chi connectivity index (χ0n) is 26.7. The van der Waals surface area contributed by atoms with Crippen LogP contribution in [-0.4, -0.2) is 17.9 Å². The highest BCUT2D eigenvalue weighted by atomic mass is 15.2. The molecule has 49 heavy (non-hydrogen) atoms. The van der Waals surface area contributed by atoms with E-state index >= 15 is 0 Å². The number of amidine groups is 2. The zero-order valence-corrected chi connectivity index (χ0v) is 26.7. The Morgan fingerprint density at radius 3 is 1.86 bits per heavy atom. The van der Waals surface area contributed by atoms with E-state index in [1.165, 1.54) is 6.21 Å². The number of nitrogens with one attached hydrogen (secondary N) is 3. The summed E-state index contributed by atoms with van der Waals surface area (Å²) in [5.41, 5.74) is 12.2. The second-order valence-corrected chi connectivity index (χ2v) is 12.0. The molecule has 0 bridgehead atoms. The van der Waals surface area contributed by atoms with Gasteiger partial charge in [0.2, 0.25) is 0 Å². The fourth-order valence-electron chi connectivity index (χ4n) is 6.31. The largest absolute Gasteiger partial charge is 0.354 e. The molecule has 0 fully saturated rings. The van der Waals surface area contributed by atoms with Gasteiger partial charge in [0.25, 0.3) is 0 Å². The summed E-state index contributed by atoms with van der Waals surface area (Å²) in [4.78, 5) is 9.94. The van der Waals surface area contributed by atoms with E-state index in [2.05, 4.69) is 95.6 Å². The summed E-state index contributed by atoms with van der Waals surface area (Å²) in [6.45, 7) is 0. The SMILES string of the molecule is N=C/C(=C1\NC(c2ccccc2)=Cc2ccc(-c3ccc(C4=NC(c5ccccc5)=NC(c5ccccc5)N4)cc3)cc21)c1ccccc1. The first kappa shape index (κ1) is 29.8. The number of allylic oxidation sites excluding steroid dienone is 1. The second-order valence-electron chi connectivity index (χ2n) is 12.0. The van der Waals surface area contributed by atoms with Gasteiger partial charge in [0, 0.05) is 34.2 Å². The van der Waals surface area contributed by atoms with E-state index in [0.29, 0.717) is 5.84 Å². The lowest BCUT2D eigenvalue weighted by atomic mass is 9.90. The molecule has 8 rings (SSSR count). The summed E-state index contributed by atoms with van der Waals surface area (Å²) in [5.74, 6) is 1.49. The van der Waals surface area contributed by atoms with Gasteiger partial charge in [-0.25, -0.2) is 9.98 Å². The maximum atomic E-state index is 8.45. The van der Waals surface area contributed by atoms with E-state index < -0.39 is 0 Å². The normalized spacial score (nSPS) is 16.2. The van der Waals surface area contributed by atoms with E-state index in [4.69, 9.17) is 15.4 Å². The lowest BCUT2D eigenvalue weighted by molar-refractivity contribution is 0.674. The quantitative estimate of drug-likeness (QED) is 0.154. The van der Waals surface area contributed by atoms with E-state index in [0.717, 1.165) is 72.9 Å². The average Bonchev–Trinajstić information content (AvgIpc) is 3.19. The van der Waals surface area contributed by atoms with Crippen molar-refractivity contribution in [2.45, 2.75) is 6.17 Å². The molecule has 2 heterocycles. The van der Waals surface area contributed by atoms with Crippen LogP contribution in [0.2, 0.25) is 0 Å². The summed E-state index contributed by atoms with van der Waals surface area (Å²) in [5, 5.41) is 15.7. The van der Waals surface area contributed by atoms with Gasteiger partial charge in [-0.3, -0.25) is 0 Å². The average molecular weight is 632 g/mol. The van der Waals surface area contributed by atoms with E-state index in [-0.39, 0.29) is 6.17 Å². The molecule has 0 radical (unpaired) electrons. The summed E-state index contributed by atoms with van der Waals surface area (Å²) >= 11 is 0. The fourth-order valence-corrected chi connectivity index (χ4v) is 6.31. The molecule has 3 N–H and O–H groups in total. The Morgan fingerprint density at radius 2 is 1.18 bits per heavy atom. The standard InChI is InChI=1S/C44H33N5/c45-29-39(31-13-5-1-6-14-31)41-38-27-36(25-26-37(38)28-40(46-41)32-15-7-2-8-16-32)30-21-23-35(24-22-30)44-48-42(33-17-9-3-10-18-33)47-43(49-44)34-19-11-4-12-20-34/h1-29,42,45-46H,(H,47,48,49)/b41-39+,45-29?. The summed E-state index contributed by atoms with van der Waals surface area (Å²) in [7, 11) is 0. The van der Waals surface area contributed by atoms with Crippen molar-refractivity contribution < 1.29 is 0 Å². The van der Waals surface area contributed by atoms with E-state index in [9.17, 15) is 0 Å². The highest BCUT2D eigenvalue weighted by Gasteiger charge is 2.22. The van der Waals surface area contributed by atoms with Crippen LogP contribution in [0.25, 0.3) is 34.2 Å². The molecule has 0 aromatic heterocycles. The summed E-state index contributed by atoms with van der Waals surface area (Å²) < 4.78 is 0. The molecule has 234 valence electrons. The topological polar surface area (TPSA) is 72.6 Å². The molecule has 1 unspecified atom stereocenters. The zero-order chi connectivity index (χ0) is 33.0. The van der Waals surface area contributed by atoms with Gasteiger partial charge in [0.1, 0.15) is 12.0 Å².